The van der Waals surface area contributed by atoms with E-state index in [1.54, 1.807) is 0 Å². The molecule has 1 unspecified atom stereocenters. The summed E-state index contributed by atoms with van der Waals surface area (Å²) in [4.78, 5) is 4.58. The highest BCUT2D eigenvalue weighted by Crippen LogP contribution is 2.32. The lowest BCUT2D eigenvalue weighted by Crippen LogP contribution is -2.10. The molecule has 108 valence electrons. The van der Waals surface area contributed by atoms with Gasteiger partial charge in [0.15, 0.2) is 0 Å². The first-order valence-electron chi connectivity index (χ1n) is 7.11. The second kappa shape index (κ2) is 6.21. The number of nitrogens with zero attached hydrogens (tertiary/aromatic N) is 1. The Balaban J connectivity index is 3.17. The molecular formula is C19H27N. The van der Waals surface area contributed by atoms with Gasteiger partial charge < -0.3 is 0 Å². The van der Waals surface area contributed by atoms with E-state index in [1.165, 1.54) is 5.57 Å². The predicted molar refractivity (Wildman–Crippen MR) is 90.9 cm³/mol. The zero-order valence-corrected chi connectivity index (χ0v) is 13.5. The van der Waals surface area contributed by atoms with Crippen molar-refractivity contribution in [3.8, 4) is 0 Å². The van der Waals surface area contributed by atoms with E-state index in [0.717, 1.165) is 5.70 Å². The Kier molecular flexibility index (Phi) is 5.10. The molecule has 0 radical (unpaired) electrons. The minimum Gasteiger partial charge on any atom is -0.261 e. The fourth-order valence-electron chi connectivity index (χ4n) is 2.33. The minimum absolute atomic E-state index is 0.0152. The molecule has 0 N–H and O–H groups in total. The van der Waals surface area contributed by atoms with Crippen molar-refractivity contribution >= 4 is 6.21 Å². The molecule has 0 spiro atoms. The topological polar surface area (TPSA) is 12.4 Å². The van der Waals surface area contributed by atoms with Crippen LogP contribution in [0.4, 0.5) is 0 Å². The van der Waals surface area contributed by atoms with Crippen molar-refractivity contribution in [3.63, 3.8) is 0 Å². The molecule has 20 heavy (non-hydrogen) atoms. The van der Waals surface area contributed by atoms with Crippen molar-refractivity contribution in [2.45, 2.75) is 34.6 Å². The van der Waals surface area contributed by atoms with Crippen LogP contribution in [0.25, 0.3) is 0 Å². The number of aliphatic imine (C=N–C) groups is 1. The molecule has 1 heteroatoms. The first-order valence-corrected chi connectivity index (χ1v) is 7.11. The lowest BCUT2D eigenvalue weighted by molar-refractivity contribution is 0.604. The highest BCUT2D eigenvalue weighted by atomic mass is 14.7. The van der Waals surface area contributed by atoms with Crippen molar-refractivity contribution in [2.24, 2.45) is 21.7 Å². The van der Waals surface area contributed by atoms with Crippen LogP contribution >= 0.6 is 0 Å². The van der Waals surface area contributed by atoms with Crippen LogP contribution in [-0.2, 0) is 0 Å². The molecule has 0 saturated carbocycles. The van der Waals surface area contributed by atoms with E-state index in [4.69, 9.17) is 0 Å². The molecule has 1 heterocycles. The summed E-state index contributed by atoms with van der Waals surface area (Å²) in [7, 11) is 0. The third-order valence-electron chi connectivity index (χ3n) is 3.53. The zero-order chi connectivity index (χ0) is 15.4. The molecule has 1 rings (SSSR count). The number of rotatable bonds is 5. The van der Waals surface area contributed by atoms with Gasteiger partial charge in [-0.05, 0) is 13.0 Å². The summed E-state index contributed by atoms with van der Waals surface area (Å²) in [6.45, 7) is 18.7. The summed E-state index contributed by atoms with van der Waals surface area (Å²) in [6.07, 6.45) is 14.4. The third kappa shape index (κ3) is 4.48. The molecule has 0 bridgehead atoms. The van der Waals surface area contributed by atoms with Gasteiger partial charge in [-0.15, -0.1) is 13.2 Å². The van der Waals surface area contributed by atoms with Crippen LogP contribution in [0.3, 0.4) is 0 Å². The second-order valence-corrected chi connectivity index (χ2v) is 6.66. The van der Waals surface area contributed by atoms with Crippen LogP contribution in [0, 0.1) is 16.7 Å². The zero-order valence-electron chi connectivity index (χ0n) is 13.5. The Morgan fingerprint density at radius 3 is 2.55 bits per heavy atom. The van der Waals surface area contributed by atoms with Crippen molar-refractivity contribution in [1.29, 1.82) is 0 Å². The Morgan fingerprint density at radius 2 is 2.00 bits per heavy atom. The van der Waals surface area contributed by atoms with Gasteiger partial charge in [0.1, 0.15) is 0 Å². The molecule has 0 aromatic rings. The summed E-state index contributed by atoms with van der Waals surface area (Å²) in [5.74, 6) is 0.143. The molecule has 1 atom stereocenters. The number of hydrogen-bond acceptors (Lipinski definition) is 1. The van der Waals surface area contributed by atoms with Gasteiger partial charge in [0.05, 0.1) is 0 Å². The van der Waals surface area contributed by atoms with Crippen LogP contribution in [-0.4, -0.2) is 6.21 Å². The molecular weight excluding hydrogens is 242 g/mol. The number of allylic oxidation sites excluding steroid dienone is 6. The van der Waals surface area contributed by atoms with E-state index in [2.05, 4.69) is 71.0 Å². The van der Waals surface area contributed by atoms with Gasteiger partial charge in [0.2, 0.25) is 0 Å². The second-order valence-electron chi connectivity index (χ2n) is 6.66. The molecule has 0 amide bonds. The normalized spacial score (nSPS) is 20.1. The van der Waals surface area contributed by atoms with E-state index in [0.29, 0.717) is 0 Å². The van der Waals surface area contributed by atoms with E-state index in [1.807, 2.05) is 24.4 Å². The van der Waals surface area contributed by atoms with Gasteiger partial charge >= 0.3 is 0 Å². The van der Waals surface area contributed by atoms with Crippen LogP contribution in [0.15, 0.2) is 65.9 Å². The minimum atomic E-state index is -0.0197. The van der Waals surface area contributed by atoms with Crippen molar-refractivity contribution in [2.75, 3.05) is 0 Å². The molecule has 0 aliphatic carbocycles. The standard InChI is InChI=1S/C19H27N/c1-8-16(15(3)13-18(4,5)9-2)17-14-19(6,7)11-10-12-20-17/h8-14,16H,1-2H2,3-7H3. The van der Waals surface area contributed by atoms with Gasteiger partial charge in [0, 0.05) is 28.7 Å². The predicted octanol–water partition coefficient (Wildman–Crippen LogP) is 5.50. The summed E-state index contributed by atoms with van der Waals surface area (Å²) in [5.41, 5.74) is 2.31. The van der Waals surface area contributed by atoms with Crippen molar-refractivity contribution in [1.82, 2.24) is 0 Å². The fraction of sp³-hybridized carbons (Fsp3) is 0.421. The molecule has 0 saturated heterocycles. The van der Waals surface area contributed by atoms with E-state index < -0.39 is 0 Å². The Hall–Kier alpha value is -1.63. The maximum absolute atomic E-state index is 4.58. The van der Waals surface area contributed by atoms with Gasteiger partial charge in [-0.25, -0.2) is 0 Å². The van der Waals surface area contributed by atoms with Crippen LogP contribution in [0.5, 0.6) is 0 Å². The summed E-state index contributed by atoms with van der Waals surface area (Å²) < 4.78 is 0. The van der Waals surface area contributed by atoms with Gasteiger partial charge in [-0.3, -0.25) is 4.99 Å². The maximum atomic E-state index is 4.58. The summed E-state index contributed by atoms with van der Waals surface area (Å²) in [5, 5.41) is 0. The maximum Gasteiger partial charge on any atom is 0.0481 e. The lowest BCUT2D eigenvalue weighted by Gasteiger charge is -2.22. The average molecular weight is 269 g/mol. The average Bonchev–Trinajstić information content (AvgIpc) is 2.50. The third-order valence-corrected chi connectivity index (χ3v) is 3.53. The molecule has 0 fully saturated rings. The summed E-state index contributed by atoms with van der Waals surface area (Å²) in [6, 6.07) is 0. The van der Waals surface area contributed by atoms with Gasteiger partial charge in [0.25, 0.3) is 0 Å². The highest BCUT2D eigenvalue weighted by molar-refractivity contribution is 5.73. The van der Waals surface area contributed by atoms with E-state index >= 15 is 0 Å². The van der Waals surface area contributed by atoms with E-state index in [-0.39, 0.29) is 16.7 Å². The van der Waals surface area contributed by atoms with Crippen LogP contribution in [0.1, 0.15) is 34.6 Å². The van der Waals surface area contributed by atoms with Crippen molar-refractivity contribution in [3.05, 3.63) is 60.9 Å². The van der Waals surface area contributed by atoms with Gasteiger partial charge in [-0.1, -0.05) is 63.6 Å². The van der Waals surface area contributed by atoms with E-state index in [9.17, 15) is 0 Å². The smallest absolute Gasteiger partial charge is 0.0481 e. The first-order chi connectivity index (χ1) is 9.21. The molecule has 0 aromatic carbocycles. The largest absolute Gasteiger partial charge is 0.261 e. The Labute approximate surface area is 124 Å². The van der Waals surface area contributed by atoms with Crippen LogP contribution < -0.4 is 0 Å². The Morgan fingerprint density at radius 1 is 1.35 bits per heavy atom. The van der Waals surface area contributed by atoms with Crippen LogP contribution in [0.2, 0.25) is 0 Å². The lowest BCUT2D eigenvalue weighted by atomic mass is 9.84. The molecule has 1 aliphatic rings. The van der Waals surface area contributed by atoms with Gasteiger partial charge in [-0.2, -0.15) is 0 Å². The highest BCUT2D eigenvalue weighted by Gasteiger charge is 2.20. The fourth-order valence-corrected chi connectivity index (χ4v) is 2.33. The quantitative estimate of drug-likeness (QED) is 0.584. The molecule has 0 aromatic heterocycles. The Bertz CT molecular complexity index is 496. The van der Waals surface area contributed by atoms with Crippen molar-refractivity contribution < 1.29 is 0 Å². The first kappa shape index (κ1) is 16.4. The summed E-state index contributed by atoms with van der Waals surface area (Å²) >= 11 is 0. The SMILES string of the molecule is C=CC(C(C)=CC(C)(C)C=C)C1=CC(C)(C)C=CC=N1. The molecule has 1 nitrogen and oxygen atoms in total. The number of hydrogen-bond donors (Lipinski definition) is 0. The molecule has 1 aliphatic heterocycles. The monoisotopic (exact) mass is 269 g/mol.